The van der Waals surface area contributed by atoms with E-state index >= 15 is 0 Å². The average Bonchev–Trinajstić information content (AvgIpc) is 3.14. The predicted molar refractivity (Wildman–Crippen MR) is 98.7 cm³/mol. The van der Waals surface area contributed by atoms with E-state index in [9.17, 15) is 9.59 Å². The molecule has 2 aromatic carbocycles. The van der Waals surface area contributed by atoms with Crippen molar-refractivity contribution in [3.05, 3.63) is 71.9 Å². The standard InChI is InChI=1S/C20H19N3O3/c1-13-8-6-7-11-17(13)22-19(24)14(2)26-20(25)16-12-21-23-18(16)15-9-4-3-5-10-15/h3-12,14H,1-2H3,(H,21,23)(H,22,24)/t14-/m0/s1. The molecule has 1 amide bonds. The molecule has 26 heavy (non-hydrogen) atoms. The van der Waals surface area contributed by atoms with Crippen molar-refractivity contribution in [3.8, 4) is 11.3 Å². The summed E-state index contributed by atoms with van der Waals surface area (Å²) in [5, 5.41) is 9.49. The van der Waals surface area contributed by atoms with Gasteiger partial charge < -0.3 is 10.1 Å². The molecule has 1 heterocycles. The molecule has 0 spiro atoms. The van der Waals surface area contributed by atoms with Gasteiger partial charge in [-0.25, -0.2) is 4.79 Å². The van der Waals surface area contributed by atoms with Gasteiger partial charge in [-0.3, -0.25) is 9.89 Å². The molecule has 0 fully saturated rings. The molecule has 0 saturated carbocycles. The SMILES string of the molecule is Cc1ccccc1NC(=O)[C@H](C)OC(=O)c1cn[nH]c1-c1ccccc1. The Hall–Kier alpha value is -3.41. The van der Waals surface area contributed by atoms with Crippen molar-refractivity contribution in [2.75, 3.05) is 5.32 Å². The number of H-pyrrole nitrogens is 1. The first kappa shape index (κ1) is 17.4. The number of aryl methyl sites for hydroxylation is 1. The smallest absolute Gasteiger partial charge is 0.342 e. The molecule has 0 saturated heterocycles. The number of nitrogens with zero attached hydrogens (tertiary/aromatic N) is 1. The maximum absolute atomic E-state index is 12.5. The van der Waals surface area contributed by atoms with E-state index in [-0.39, 0.29) is 5.56 Å². The van der Waals surface area contributed by atoms with Crippen LogP contribution in [0.25, 0.3) is 11.3 Å². The first-order valence-electron chi connectivity index (χ1n) is 8.22. The van der Waals surface area contributed by atoms with Gasteiger partial charge in [0, 0.05) is 11.3 Å². The largest absolute Gasteiger partial charge is 0.449 e. The van der Waals surface area contributed by atoms with E-state index in [1.54, 1.807) is 6.07 Å². The number of nitrogens with one attached hydrogen (secondary N) is 2. The summed E-state index contributed by atoms with van der Waals surface area (Å²) in [7, 11) is 0. The van der Waals surface area contributed by atoms with Gasteiger partial charge in [0.1, 0.15) is 5.56 Å². The fraction of sp³-hybridized carbons (Fsp3) is 0.150. The highest BCUT2D eigenvalue weighted by Gasteiger charge is 2.23. The minimum atomic E-state index is -0.944. The quantitative estimate of drug-likeness (QED) is 0.690. The summed E-state index contributed by atoms with van der Waals surface area (Å²) >= 11 is 0. The zero-order chi connectivity index (χ0) is 18.5. The third kappa shape index (κ3) is 3.80. The van der Waals surface area contributed by atoms with Gasteiger partial charge in [-0.15, -0.1) is 0 Å². The lowest BCUT2D eigenvalue weighted by Gasteiger charge is -2.14. The Bertz CT molecular complexity index is 919. The van der Waals surface area contributed by atoms with Crippen LogP contribution in [-0.4, -0.2) is 28.2 Å². The van der Waals surface area contributed by atoms with Crippen LogP contribution in [0.1, 0.15) is 22.8 Å². The van der Waals surface area contributed by atoms with Gasteiger partial charge in [-0.1, -0.05) is 48.5 Å². The van der Waals surface area contributed by atoms with E-state index in [4.69, 9.17) is 4.74 Å². The number of anilines is 1. The minimum Gasteiger partial charge on any atom is -0.449 e. The van der Waals surface area contributed by atoms with Crippen LogP contribution in [0.4, 0.5) is 5.69 Å². The predicted octanol–water partition coefficient (Wildman–Crippen LogP) is 3.57. The first-order valence-corrected chi connectivity index (χ1v) is 8.22. The highest BCUT2D eigenvalue weighted by Crippen LogP contribution is 2.22. The molecule has 0 aliphatic rings. The topological polar surface area (TPSA) is 84.1 Å². The number of esters is 1. The molecule has 0 radical (unpaired) electrons. The normalized spacial score (nSPS) is 11.6. The Morgan fingerprint density at radius 3 is 2.50 bits per heavy atom. The fourth-order valence-corrected chi connectivity index (χ4v) is 2.49. The molecule has 0 bridgehead atoms. The summed E-state index contributed by atoms with van der Waals surface area (Å²) < 4.78 is 5.32. The zero-order valence-corrected chi connectivity index (χ0v) is 14.5. The Kier molecular flexibility index (Phi) is 5.12. The molecular formula is C20H19N3O3. The Morgan fingerprint density at radius 2 is 1.77 bits per heavy atom. The number of para-hydroxylation sites is 1. The molecule has 0 aliphatic heterocycles. The van der Waals surface area contributed by atoms with E-state index in [1.165, 1.54) is 13.1 Å². The summed E-state index contributed by atoms with van der Waals surface area (Å²) in [6, 6.07) is 16.7. The molecule has 1 atom stereocenters. The Balaban J connectivity index is 1.70. The summed E-state index contributed by atoms with van der Waals surface area (Å²) in [5.74, 6) is -0.998. The number of carbonyl (C=O) groups is 2. The number of aromatic amines is 1. The number of amides is 1. The second-order valence-electron chi connectivity index (χ2n) is 5.88. The number of rotatable bonds is 5. The third-order valence-corrected chi connectivity index (χ3v) is 3.98. The van der Waals surface area contributed by atoms with Crippen LogP contribution in [0.3, 0.4) is 0 Å². The minimum absolute atomic E-state index is 0.284. The van der Waals surface area contributed by atoms with Crippen LogP contribution in [-0.2, 0) is 9.53 Å². The molecule has 6 nitrogen and oxygen atoms in total. The van der Waals surface area contributed by atoms with Crippen LogP contribution in [0.2, 0.25) is 0 Å². The van der Waals surface area contributed by atoms with Crippen molar-refractivity contribution in [2.45, 2.75) is 20.0 Å². The molecule has 3 aromatic rings. The molecule has 132 valence electrons. The van der Waals surface area contributed by atoms with Crippen molar-refractivity contribution < 1.29 is 14.3 Å². The average molecular weight is 349 g/mol. The van der Waals surface area contributed by atoms with Crippen molar-refractivity contribution in [3.63, 3.8) is 0 Å². The summed E-state index contributed by atoms with van der Waals surface area (Å²) in [4.78, 5) is 24.8. The van der Waals surface area contributed by atoms with Gasteiger partial charge in [0.05, 0.1) is 11.9 Å². The Morgan fingerprint density at radius 1 is 1.08 bits per heavy atom. The highest BCUT2D eigenvalue weighted by atomic mass is 16.5. The van der Waals surface area contributed by atoms with E-state index in [2.05, 4.69) is 15.5 Å². The van der Waals surface area contributed by atoms with Gasteiger partial charge in [0.15, 0.2) is 6.10 Å². The lowest BCUT2D eigenvalue weighted by Crippen LogP contribution is -2.30. The van der Waals surface area contributed by atoms with Crippen LogP contribution in [0.5, 0.6) is 0 Å². The van der Waals surface area contributed by atoms with Crippen molar-refractivity contribution in [2.24, 2.45) is 0 Å². The molecule has 6 heteroatoms. The zero-order valence-electron chi connectivity index (χ0n) is 14.5. The van der Waals surface area contributed by atoms with Gasteiger partial charge in [-0.2, -0.15) is 5.10 Å². The summed E-state index contributed by atoms with van der Waals surface area (Å²) in [6.07, 6.45) is 0.456. The van der Waals surface area contributed by atoms with Gasteiger partial charge in [0.25, 0.3) is 5.91 Å². The van der Waals surface area contributed by atoms with Crippen LogP contribution in [0.15, 0.2) is 60.8 Å². The van der Waals surface area contributed by atoms with Gasteiger partial charge >= 0.3 is 5.97 Å². The van der Waals surface area contributed by atoms with Crippen molar-refractivity contribution in [1.82, 2.24) is 10.2 Å². The molecular weight excluding hydrogens is 330 g/mol. The second-order valence-corrected chi connectivity index (χ2v) is 5.88. The number of carbonyl (C=O) groups excluding carboxylic acids is 2. The van der Waals surface area contributed by atoms with Crippen LogP contribution in [0, 0.1) is 6.92 Å². The molecule has 0 aliphatic carbocycles. The van der Waals surface area contributed by atoms with Gasteiger partial charge in [-0.05, 0) is 25.5 Å². The first-order chi connectivity index (χ1) is 12.6. The Labute approximate surface area is 151 Å². The molecule has 1 aromatic heterocycles. The number of aromatic nitrogens is 2. The summed E-state index contributed by atoms with van der Waals surface area (Å²) in [6.45, 7) is 3.43. The number of hydrogen-bond acceptors (Lipinski definition) is 4. The number of hydrogen-bond donors (Lipinski definition) is 2. The number of benzene rings is 2. The second kappa shape index (κ2) is 7.65. The van der Waals surface area contributed by atoms with Crippen molar-refractivity contribution in [1.29, 1.82) is 0 Å². The van der Waals surface area contributed by atoms with Gasteiger partial charge in [0.2, 0.25) is 0 Å². The van der Waals surface area contributed by atoms with E-state index in [0.29, 0.717) is 11.4 Å². The third-order valence-electron chi connectivity index (χ3n) is 3.98. The highest BCUT2D eigenvalue weighted by molar-refractivity contribution is 6.00. The van der Waals surface area contributed by atoms with E-state index in [0.717, 1.165) is 11.1 Å². The summed E-state index contributed by atoms with van der Waals surface area (Å²) in [5.41, 5.74) is 3.28. The monoisotopic (exact) mass is 349 g/mol. The van der Waals surface area contributed by atoms with E-state index in [1.807, 2.05) is 55.5 Å². The van der Waals surface area contributed by atoms with E-state index < -0.39 is 18.0 Å². The fourth-order valence-electron chi connectivity index (χ4n) is 2.49. The molecule has 3 rings (SSSR count). The maximum atomic E-state index is 12.5. The van der Waals surface area contributed by atoms with Crippen LogP contribution < -0.4 is 5.32 Å². The lowest BCUT2D eigenvalue weighted by molar-refractivity contribution is -0.123. The maximum Gasteiger partial charge on any atom is 0.342 e. The molecule has 0 unspecified atom stereocenters. The lowest BCUT2D eigenvalue weighted by atomic mass is 10.1. The molecule has 2 N–H and O–H groups in total. The van der Waals surface area contributed by atoms with Crippen molar-refractivity contribution >= 4 is 17.6 Å². The number of ether oxygens (including phenoxy) is 1. The van der Waals surface area contributed by atoms with Crippen LogP contribution >= 0.6 is 0 Å².